The number of nitrogens with zero attached hydrogens (tertiary/aromatic N) is 2. The first-order valence-electron chi connectivity index (χ1n) is 7.90. The molecule has 2 N–H and O–H groups in total. The molecule has 0 spiro atoms. The van der Waals surface area contributed by atoms with Gasteiger partial charge in [0.25, 0.3) is 10.2 Å². The topological polar surface area (TPSA) is 66.6 Å². The third kappa shape index (κ3) is 3.18. The van der Waals surface area contributed by atoms with Gasteiger partial charge in [-0.3, -0.25) is 0 Å². The standard InChI is InChI=1S/C14H29N3O2S/c1-3-14(2)7-10-16(11-8-14)20(18,19)17-9-5-4-6-13(17)12-15/h13H,3-12,15H2,1-2H3. The van der Waals surface area contributed by atoms with Gasteiger partial charge in [-0.15, -0.1) is 0 Å². The summed E-state index contributed by atoms with van der Waals surface area (Å²) in [5.74, 6) is 0. The molecule has 0 aromatic heterocycles. The van der Waals surface area contributed by atoms with Gasteiger partial charge < -0.3 is 5.73 Å². The van der Waals surface area contributed by atoms with E-state index in [9.17, 15) is 8.42 Å². The van der Waals surface area contributed by atoms with Crippen molar-refractivity contribution in [3.05, 3.63) is 0 Å². The van der Waals surface area contributed by atoms with E-state index in [2.05, 4.69) is 13.8 Å². The third-order valence-corrected chi connectivity index (χ3v) is 7.34. The van der Waals surface area contributed by atoms with Crippen molar-refractivity contribution in [1.29, 1.82) is 0 Å². The van der Waals surface area contributed by atoms with E-state index in [-0.39, 0.29) is 6.04 Å². The summed E-state index contributed by atoms with van der Waals surface area (Å²) in [6.45, 7) is 6.83. The molecule has 6 heteroatoms. The van der Waals surface area contributed by atoms with Gasteiger partial charge in [0.15, 0.2) is 0 Å². The van der Waals surface area contributed by atoms with Gasteiger partial charge in [0, 0.05) is 32.2 Å². The predicted octanol–water partition coefficient (Wildman–Crippen LogP) is 1.56. The van der Waals surface area contributed by atoms with E-state index in [1.54, 1.807) is 8.61 Å². The molecule has 0 saturated carbocycles. The SMILES string of the molecule is CCC1(C)CCN(S(=O)(=O)N2CCCCC2CN)CC1. The second-order valence-electron chi connectivity index (χ2n) is 6.57. The van der Waals surface area contributed by atoms with Crippen LogP contribution in [0, 0.1) is 5.41 Å². The van der Waals surface area contributed by atoms with Crippen molar-refractivity contribution in [2.45, 2.75) is 58.4 Å². The number of piperidine rings is 2. The predicted molar refractivity (Wildman–Crippen MR) is 81.5 cm³/mol. The number of hydrogen-bond acceptors (Lipinski definition) is 3. The van der Waals surface area contributed by atoms with E-state index in [0.717, 1.165) is 38.5 Å². The molecule has 2 heterocycles. The summed E-state index contributed by atoms with van der Waals surface area (Å²) >= 11 is 0. The minimum absolute atomic E-state index is 0.00626. The summed E-state index contributed by atoms with van der Waals surface area (Å²) in [6, 6.07) is -0.00626. The Morgan fingerprint density at radius 1 is 1.20 bits per heavy atom. The molecule has 1 unspecified atom stereocenters. The molecule has 0 radical (unpaired) electrons. The Morgan fingerprint density at radius 2 is 1.85 bits per heavy atom. The van der Waals surface area contributed by atoms with Crippen molar-refractivity contribution in [2.24, 2.45) is 11.1 Å². The van der Waals surface area contributed by atoms with Crippen molar-refractivity contribution >= 4 is 10.2 Å². The molecular formula is C14H29N3O2S. The normalized spacial score (nSPS) is 29.4. The average molecular weight is 303 g/mol. The first-order valence-corrected chi connectivity index (χ1v) is 9.29. The van der Waals surface area contributed by atoms with Gasteiger partial charge in [0.1, 0.15) is 0 Å². The molecule has 2 fully saturated rings. The Bertz CT molecular complexity index is 416. The molecule has 0 amide bonds. The molecule has 2 aliphatic heterocycles. The number of nitrogens with two attached hydrogens (primary N) is 1. The van der Waals surface area contributed by atoms with E-state index < -0.39 is 10.2 Å². The van der Waals surface area contributed by atoms with E-state index in [4.69, 9.17) is 5.73 Å². The minimum Gasteiger partial charge on any atom is -0.329 e. The molecule has 118 valence electrons. The maximum Gasteiger partial charge on any atom is 0.282 e. The lowest BCUT2D eigenvalue weighted by molar-refractivity contribution is 0.154. The Kier molecular flexibility index (Phi) is 5.10. The van der Waals surface area contributed by atoms with Crippen molar-refractivity contribution in [2.75, 3.05) is 26.2 Å². The van der Waals surface area contributed by atoms with Crippen molar-refractivity contribution < 1.29 is 8.42 Å². The maximum atomic E-state index is 12.8. The molecule has 0 bridgehead atoms. The highest BCUT2D eigenvalue weighted by Gasteiger charge is 2.39. The van der Waals surface area contributed by atoms with E-state index in [1.807, 2.05) is 0 Å². The van der Waals surface area contributed by atoms with Crippen LogP contribution in [-0.2, 0) is 10.2 Å². The highest BCUT2D eigenvalue weighted by atomic mass is 32.2. The van der Waals surface area contributed by atoms with Crippen LogP contribution < -0.4 is 5.73 Å². The zero-order valence-corrected chi connectivity index (χ0v) is 13.7. The van der Waals surface area contributed by atoms with E-state index >= 15 is 0 Å². The summed E-state index contributed by atoms with van der Waals surface area (Å²) in [7, 11) is -3.32. The van der Waals surface area contributed by atoms with Crippen LogP contribution in [0.4, 0.5) is 0 Å². The lowest BCUT2D eigenvalue weighted by Crippen LogP contribution is -2.55. The Balaban J connectivity index is 2.07. The lowest BCUT2D eigenvalue weighted by atomic mass is 9.79. The fourth-order valence-corrected chi connectivity index (χ4v) is 5.14. The third-order valence-electron chi connectivity index (χ3n) is 5.25. The van der Waals surface area contributed by atoms with Crippen LogP contribution in [0.3, 0.4) is 0 Å². The molecule has 0 aromatic rings. The zero-order valence-electron chi connectivity index (χ0n) is 12.8. The van der Waals surface area contributed by atoms with E-state index in [1.165, 1.54) is 0 Å². The summed E-state index contributed by atoms with van der Waals surface area (Å²) in [5.41, 5.74) is 6.07. The van der Waals surface area contributed by atoms with Gasteiger partial charge in [-0.05, 0) is 31.1 Å². The minimum atomic E-state index is -3.32. The van der Waals surface area contributed by atoms with Crippen molar-refractivity contribution in [3.8, 4) is 0 Å². The Labute approximate surface area is 123 Å². The fraction of sp³-hybridized carbons (Fsp3) is 1.00. The van der Waals surface area contributed by atoms with Gasteiger partial charge in [0.05, 0.1) is 0 Å². The smallest absolute Gasteiger partial charge is 0.282 e. The molecule has 5 nitrogen and oxygen atoms in total. The quantitative estimate of drug-likeness (QED) is 0.857. The fourth-order valence-electron chi connectivity index (χ4n) is 3.27. The maximum absolute atomic E-state index is 12.8. The molecular weight excluding hydrogens is 274 g/mol. The first-order chi connectivity index (χ1) is 9.43. The average Bonchev–Trinajstić information content (AvgIpc) is 2.47. The number of hydrogen-bond donors (Lipinski definition) is 1. The van der Waals surface area contributed by atoms with Crippen molar-refractivity contribution in [1.82, 2.24) is 8.61 Å². The highest BCUT2D eigenvalue weighted by Crippen LogP contribution is 2.35. The summed E-state index contributed by atoms with van der Waals surface area (Å²) in [5, 5.41) is 0. The monoisotopic (exact) mass is 303 g/mol. The first kappa shape index (κ1) is 16.2. The molecule has 20 heavy (non-hydrogen) atoms. The van der Waals surface area contributed by atoms with Gasteiger partial charge >= 0.3 is 0 Å². The van der Waals surface area contributed by atoms with Crippen LogP contribution in [0.15, 0.2) is 0 Å². The zero-order chi connectivity index (χ0) is 14.8. The van der Waals surface area contributed by atoms with Gasteiger partial charge in [-0.25, -0.2) is 0 Å². The van der Waals surface area contributed by atoms with Crippen LogP contribution in [0.5, 0.6) is 0 Å². The van der Waals surface area contributed by atoms with Crippen LogP contribution in [0.1, 0.15) is 52.4 Å². The highest BCUT2D eigenvalue weighted by molar-refractivity contribution is 7.86. The van der Waals surface area contributed by atoms with Crippen LogP contribution in [0.2, 0.25) is 0 Å². The molecule has 2 saturated heterocycles. The molecule has 0 aliphatic carbocycles. The van der Waals surface area contributed by atoms with Crippen LogP contribution in [-0.4, -0.2) is 49.2 Å². The van der Waals surface area contributed by atoms with Gasteiger partial charge in [0.2, 0.25) is 0 Å². The number of rotatable bonds is 4. The summed E-state index contributed by atoms with van der Waals surface area (Å²) in [6.07, 6.45) is 5.98. The van der Waals surface area contributed by atoms with E-state index in [0.29, 0.717) is 31.6 Å². The Morgan fingerprint density at radius 3 is 2.40 bits per heavy atom. The second-order valence-corrected chi connectivity index (χ2v) is 8.45. The lowest BCUT2D eigenvalue weighted by Gasteiger charge is -2.42. The second kappa shape index (κ2) is 6.30. The summed E-state index contributed by atoms with van der Waals surface area (Å²) in [4.78, 5) is 0. The Hall–Kier alpha value is -0.170. The van der Waals surface area contributed by atoms with Crippen molar-refractivity contribution in [3.63, 3.8) is 0 Å². The molecule has 2 aliphatic rings. The largest absolute Gasteiger partial charge is 0.329 e. The molecule has 2 rings (SSSR count). The van der Waals surface area contributed by atoms with Crippen LogP contribution >= 0.6 is 0 Å². The van der Waals surface area contributed by atoms with Crippen LogP contribution in [0.25, 0.3) is 0 Å². The van der Waals surface area contributed by atoms with Gasteiger partial charge in [-0.2, -0.15) is 17.0 Å². The molecule has 0 aromatic carbocycles. The summed E-state index contributed by atoms with van der Waals surface area (Å²) < 4.78 is 28.9. The molecule has 1 atom stereocenters. The van der Waals surface area contributed by atoms with Gasteiger partial charge in [-0.1, -0.05) is 26.7 Å².